The maximum Gasteiger partial charge on any atom is 0.171 e. The van der Waals surface area contributed by atoms with Gasteiger partial charge in [0.2, 0.25) is 0 Å². The number of hydrogen-bond donors (Lipinski definition) is 3. The lowest BCUT2D eigenvalue weighted by molar-refractivity contribution is 1.05. The number of aromatic nitrogens is 2. The van der Waals surface area contributed by atoms with Crippen molar-refractivity contribution in [1.29, 1.82) is 0 Å². The van der Waals surface area contributed by atoms with Crippen molar-refractivity contribution in [2.45, 2.75) is 0 Å². The van der Waals surface area contributed by atoms with Crippen molar-refractivity contribution in [2.24, 2.45) is 0 Å². The Hall–Kier alpha value is -1.78. The van der Waals surface area contributed by atoms with Crippen LogP contribution in [0.2, 0.25) is 0 Å². The maximum absolute atomic E-state index is 5.53. The van der Waals surface area contributed by atoms with Crippen LogP contribution in [0.4, 0.5) is 17.2 Å². The summed E-state index contributed by atoms with van der Waals surface area (Å²) in [6, 6.07) is 0. The molecule has 58 valence electrons. The van der Waals surface area contributed by atoms with Crippen LogP contribution < -0.4 is 16.8 Å². The minimum atomic E-state index is 0.219. The summed E-state index contributed by atoms with van der Waals surface area (Å²) >= 11 is 0. The van der Waals surface area contributed by atoms with E-state index in [2.05, 4.69) is 22.1 Å². The average molecular weight is 151 g/mol. The van der Waals surface area contributed by atoms with Crippen LogP contribution in [-0.4, -0.2) is 10.2 Å². The van der Waals surface area contributed by atoms with Crippen molar-refractivity contribution in [1.82, 2.24) is 10.2 Å². The van der Waals surface area contributed by atoms with E-state index in [1.54, 1.807) is 0 Å². The topological polar surface area (TPSA) is 89.8 Å². The zero-order valence-corrected chi connectivity index (χ0v) is 5.91. The van der Waals surface area contributed by atoms with Gasteiger partial charge in [0.1, 0.15) is 5.69 Å². The van der Waals surface area contributed by atoms with E-state index in [0.717, 1.165) is 0 Å². The van der Waals surface area contributed by atoms with Crippen molar-refractivity contribution >= 4 is 17.2 Å². The van der Waals surface area contributed by atoms with Gasteiger partial charge in [-0.3, -0.25) is 0 Å². The van der Waals surface area contributed by atoms with Gasteiger partial charge in [-0.25, -0.2) is 0 Å². The van der Waals surface area contributed by atoms with E-state index < -0.39 is 0 Å². The molecule has 0 radical (unpaired) electrons. The maximum atomic E-state index is 5.53. The third-order valence-electron chi connectivity index (χ3n) is 1.18. The fourth-order valence-corrected chi connectivity index (χ4v) is 0.635. The minimum Gasteiger partial charge on any atom is -0.394 e. The van der Waals surface area contributed by atoms with Crippen molar-refractivity contribution in [3.05, 3.63) is 19.0 Å². The molecule has 1 rings (SSSR count). The number of nitrogens with one attached hydrogen (secondary N) is 1. The van der Waals surface area contributed by atoms with Crippen molar-refractivity contribution < 1.29 is 0 Å². The first-order valence-electron chi connectivity index (χ1n) is 2.99. The molecule has 5 nitrogen and oxygen atoms in total. The molecule has 0 atom stereocenters. The summed E-state index contributed by atoms with van der Waals surface area (Å²) in [6.45, 7) is 3.47. The van der Waals surface area contributed by atoms with Crippen molar-refractivity contribution in [3.63, 3.8) is 0 Å². The molecule has 11 heavy (non-hydrogen) atoms. The Morgan fingerprint density at radius 1 is 1.55 bits per heavy atom. The summed E-state index contributed by atoms with van der Waals surface area (Å²) in [5.74, 6) is 0.219. The van der Waals surface area contributed by atoms with Gasteiger partial charge in [-0.15, -0.1) is 5.10 Å². The Labute approximate surface area is 64.1 Å². The standard InChI is InChI=1S/C6H9N5/c1-2-9-4-3-10-11-6(8)5(4)7/h2-3H,1H2,(H2,7,10)(H3,8,9,11). The normalized spacial score (nSPS) is 9.09. The van der Waals surface area contributed by atoms with Crippen LogP contribution in [0.25, 0.3) is 0 Å². The molecule has 0 aliphatic rings. The van der Waals surface area contributed by atoms with Gasteiger partial charge in [0.15, 0.2) is 5.82 Å². The Kier molecular flexibility index (Phi) is 1.91. The van der Waals surface area contributed by atoms with Crippen molar-refractivity contribution in [3.8, 4) is 0 Å². The largest absolute Gasteiger partial charge is 0.394 e. The van der Waals surface area contributed by atoms with Gasteiger partial charge in [-0.2, -0.15) is 5.10 Å². The van der Waals surface area contributed by atoms with E-state index >= 15 is 0 Å². The molecule has 1 heterocycles. The van der Waals surface area contributed by atoms with Crippen LogP contribution in [0.3, 0.4) is 0 Å². The lowest BCUT2D eigenvalue weighted by Gasteiger charge is -2.03. The van der Waals surface area contributed by atoms with E-state index in [-0.39, 0.29) is 5.82 Å². The predicted octanol–water partition coefficient (Wildman–Crippen LogP) is 0.196. The first kappa shape index (κ1) is 7.33. The van der Waals surface area contributed by atoms with E-state index in [4.69, 9.17) is 11.5 Å². The van der Waals surface area contributed by atoms with Gasteiger partial charge >= 0.3 is 0 Å². The van der Waals surface area contributed by atoms with Crippen LogP contribution in [0.5, 0.6) is 0 Å². The zero-order chi connectivity index (χ0) is 8.27. The smallest absolute Gasteiger partial charge is 0.171 e. The molecular formula is C6H9N5. The van der Waals surface area contributed by atoms with Gasteiger partial charge < -0.3 is 16.8 Å². The number of nitrogens with zero attached hydrogens (tertiary/aromatic N) is 2. The molecule has 0 saturated heterocycles. The summed E-state index contributed by atoms with van der Waals surface area (Å²) in [5, 5.41) is 9.92. The summed E-state index contributed by atoms with van der Waals surface area (Å²) in [6.07, 6.45) is 2.97. The van der Waals surface area contributed by atoms with Crippen LogP contribution in [-0.2, 0) is 0 Å². The highest BCUT2D eigenvalue weighted by Gasteiger charge is 2.00. The quantitative estimate of drug-likeness (QED) is 0.561. The van der Waals surface area contributed by atoms with Gasteiger partial charge in [-0.05, 0) is 6.20 Å². The summed E-state index contributed by atoms with van der Waals surface area (Å²) in [4.78, 5) is 0. The molecule has 0 bridgehead atoms. The highest BCUT2D eigenvalue weighted by atomic mass is 15.1. The molecule has 0 aromatic carbocycles. The van der Waals surface area contributed by atoms with E-state index in [0.29, 0.717) is 11.4 Å². The Morgan fingerprint density at radius 3 is 2.91 bits per heavy atom. The number of rotatable bonds is 2. The van der Waals surface area contributed by atoms with Crippen molar-refractivity contribution in [2.75, 3.05) is 16.8 Å². The highest BCUT2D eigenvalue weighted by Crippen LogP contribution is 2.20. The minimum absolute atomic E-state index is 0.219. The Bertz CT molecular complexity index is 270. The van der Waals surface area contributed by atoms with Gasteiger partial charge in [0.05, 0.1) is 11.9 Å². The second-order valence-corrected chi connectivity index (χ2v) is 1.91. The van der Waals surface area contributed by atoms with E-state index in [1.807, 2.05) is 0 Å². The Balaban J connectivity index is 3.05. The number of nitrogen functional groups attached to an aromatic ring is 2. The summed E-state index contributed by atoms with van der Waals surface area (Å²) in [5.41, 5.74) is 11.9. The highest BCUT2D eigenvalue weighted by molar-refractivity contribution is 5.75. The molecule has 0 amide bonds. The summed E-state index contributed by atoms with van der Waals surface area (Å²) < 4.78 is 0. The second-order valence-electron chi connectivity index (χ2n) is 1.91. The van der Waals surface area contributed by atoms with Crippen LogP contribution in [0, 0.1) is 0 Å². The third kappa shape index (κ3) is 1.37. The molecule has 1 aromatic rings. The number of hydrogen-bond acceptors (Lipinski definition) is 5. The Morgan fingerprint density at radius 2 is 2.27 bits per heavy atom. The molecule has 5 heteroatoms. The average Bonchev–Trinajstić information content (AvgIpc) is 1.99. The predicted molar refractivity (Wildman–Crippen MR) is 44.7 cm³/mol. The molecule has 5 N–H and O–H groups in total. The summed E-state index contributed by atoms with van der Waals surface area (Å²) in [7, 11) is 0. The fraction of sp³-hybridized carbons (Fsp3) is 0. The molecule has 1 aromatic heterocycles. The second kappa shape index (κ2) is 2.87. The number of anilines is 3. The molecule has 0 fully saturated rings. The van der Waals surface area contributed by atoms with Gasteiger partial charge in [0, 0.05) is 0 Å². The molecule has 0 spiro atoms. The molecular weight excluding hydrogens is 142 g/mol. The van der Waals surface area contributed by atoms with Crippen LogP contribution in [0.15, 0.2) is 19.0 Å². The monoisotopic (exact) mass is 151 g/mol. The van der Waals surface area contributed by atoms with Gasteiger partial charge in [-0.1, -0.05) is 6.58 Å². The first-order valence-corrected chi connectivity index (χ1v) is 2.99. The van der Waals surface area contributed by atoms with Crippen LogP contribution >= 0.6 is 0 Å². The zero-order valence-electron chi connectivity index (χ0n) is 5.91. The van der Waals surface area contributed by atoms with Crippen LogP contribution in [0.1, 0.15) is 0 Å². The lowest BCUT2D eigenvalue weighted by atomic mass is 10.4. The molecule has 0 aliphatic heterocycles. The molecule has 0 aliphatic carbocycles. The molecule has 0 saturated carbocycles. The van der Waals surface area contributed by atoms with Gasteiger partial charge in [0.25, 0.3) is 0 Å². The van der Waals surface area contributed by atoms with E-state index in [9.17, 15) is 0 Å². The number of nitrogens with two attached hydrogens (primary N) is 2. The first-order chi connectivity index (χ1) is 5.25. The van der Waals surface area contributed by atoms with E-state index in [1.165, 1.54) is 12.4 Å². The SMILES string of the molecule is C=CNc1cnnc(N)c1N. The fourth-order valence-electron chi connectivity index (χ4n) is 0.635. The lowest BCUT2D eigenvalue weighted by Crippen LogP contribution is -2.03. The third-order valence-corrected chi connectivity index (χ3v) is 1.18. The molecule has 0 unspecified atom stereocenters.